The van der Waals surface area contributed by atoms with Gasteiger partial charge in [0.25, 0.3) is 5.56 Å². The van der Waals surface area contributed by atoms with E-state index in [9.17, 15) is 9.59 Å². The lowest BCUT2D eigenvalue weighted by Gasteiger charge is -2.34. The minimum Gasteiger partial charge on any atom is -0.343 e. The summed E-state index contributed by atoms with van der Waals surface area (Å²) in [5.41, 5.74) is 2.94. The third-order valence-electron chi connectivity index (χ3n) is 6.08. The van der Waals surface area contributed by atoms with E-state index in [1.807, 2.05) is 24.3 Å². The third-order valence-corrected chi connectivity index (χ3v) is 6.58. The Kier molecular flexibility index (Phi) is 4.78. The molecule has 0 saturated carbocycles. The average Bonchev–Trinajstić information content (AvgIpc) is 2.73. The van der Waals surface area contributed by atoms with Crippen molar-refractivity contribution < 1.29 is 4.79 Å². The Morgan fingerprint density at radius 3 is 2.69 bits per heavy atom. The number of anilines is 2. The van der Waals surface area contributed by atoms with E-state index in [0.29, 0.717) is 23.8 Å². The monoisotopic (exact) mass is 454 g/mol. The van der Waals surface area contributed by atoms with Crippen molar-refractivity contribution >= 4 is 33.5 Å². The molecule has 1 fully saturated rings. The number of benzene rings is 1. The highest BCUT2D eigenvalue weighted by Crippen LogP contribution is 2.43. The number of H-pyrrole nitrogens is 1. The zero-order chi connectivity index (χ0) is 20.0. The number of Topliss-reactive ketones (excluding diaryl/α,β-unsaturated/α-hetero) is 1. The van der Waals surface area contributed by atoms with Crippen LogP contribution in [-0.4, -0.2) is 28.8 Å². The maximum absolute atomic E-state index is 13.3. The van der Waals surface area contributed by atoms with Gasteiger partial charge in [-0.15, -0.1) is 0 Å². The van der Waals surface area contributed by atoms with E-state index in [0.717, 1.165) is 60.1 Å². The summed E-state index contributed by atoms with van der Waals surface area (Å²) in [5, 5.41) is 3.35. The first-order chi connectivity index (χ1) is 14.1. The topological polar surface area (TPSA) is 78.1 Å². The van der Waals surface area contributed by atoms with Crippen LogP contribution in [0.3, 0.4) is 0 Å². The molecule has 1 aromatic heterocycles. The normalized spacial score (nSPS) is 21.5. The molecule has 5 rings (SSSR count). The van der Waals surface area contributed by atoms with Gasteiger partial charge < -0.3 is 10.2 Å². The number of hydrogen-bond donors (Lipinski definition) is 2. The summed E-state index contributed by atoms with van der Waals surface area (Å²) in [6, 6.07) is 7.86. The van der Waals surface area contributed by atoms with Gasteiger partial charge >= 0.3 is 0 Å². The molecule has 1 aliphatic carbocycles. The highest BCUT2D eigenvalue weighted by molar-refractivity contribution is 9.10. The molecule has 0 spiro atoms. The highest BCUT2D eigenvalue weighted by Gasteiger charge is 2.38. The lowest BCUT2D eigenvalue weighted by Crippen LogP contribution is -2.36. The molecule has 6 nitrogen and oxygen atoms in total. The average molecular weight is 455 g/mol. The van der Waals surface area contributed by atoms with Crippen molar-refractivity contribution in [1.82, 2.24) is 9.97 Å². The Hall–Kier alpha value is -2.41. The SMILES string of the molecule is O=C1CCCC2=C1[C@@H](c1cccc(Br)c1)c1c(nc(N3CCCCC3)[nH]c1=O)N2. The molecule has 1 atom stereocenters. The number of nitrogens with zero attached hydrogens (tertiary/aromatic N) is 2. The Bertz CT molecular complexity index is 1070. The maximum Gasteiger partial charge on any atom is 0.258 e. The largest absolute Gasteiger partial charge is 0.343 e. The number of carbonyl (C=O) groups is 1. The predicted octanol–water partition coefficient (Wildman–Crippen LogP) is 4.09. The van der Waals surface area contributed by atoms with Crippen molar-refractivity contribution in [2.75, 3.05) is 23.3 Å². The Balaban J connectivity index is 1.68. The van der Waals surface area contributed by atoms with Crippen LogP contribution < -0.4 is 15.8 Å². The summed E-state index contributed by atoms with van der Waals surface area (Å²) in [6.45, 7) is 1.81. The van der Waals surface area contributed by atoms with Crippen LogP contribution in [0.25, 0.3) is 0 Å². The molecule has 3 heterocycles. The van der Waals surface area contributed by atoms with Crippen molar-refractivity contribution in [3.8, 4) is 0 Å². The van der Waals surface area contributed by atoms with Crippen LogP contribution in [0.1, 0.15) is 55.6 Å². The van der Waals surface area contributed by atoms with Crippen LogP contribution >= 0.6 is 15.9 Å². The van der Waals surface area contributed by atoms with Crippen LogP contribution in [0.15, 0.2) is 44.8 Å². The van der Waals surface area contributed by atoms with Gasteiger partial charge in [-0.3, -0.25) is 14.6 Å². The number of hydrogen-bond acceptors (Lipinski definition) is 5. The van der Waals surface area contributed by atoms with Crippen molar-refractivity contribution in [2.45, 2.75) is 44.4 Å². The van der Waals surface area contributed by atoms with Gasteiger partial charge in [0.1, 0.15) is 5.82 Å². The highest BCUT2D eigenvalue weighted by atomic mass is 79.9. The van der Waals surface area contributed by atoms with E-state index in [2.05, 4.69) is 31.1 Å². The summed E-state index contributed by atoms with van der Waals surface area (Å²) < 4.78 is 0.926. The Labute approximate surface area is 177 Å². The van der Waals surface area contributed by atoms with E-state index in [-0.39, 0.29) is 11.3 Å². The Morgan fingerprint density at radius 2 is 1.90 bits per heavy atom. The second-order valence-electron chi connectivity index (χ2n) is 7.98. The molecule has 0 amide bonds. The van der Waals surface area contributed by atoms with E-state index >= 15 is 0 Å². The maximum atomic E-state index is 13.3. The summed E-state index contributed by atoms with van der Waals surface area (Å²) in [4.78, 5) is 36.1. The minimum atomic E-state index is -0.391. The summed E-state index contributed by atoms with van der Waals surface area (Å²) >= 11 is 3.53. The number of fused-ring (bicyclic) bond motifs is 1. The van der Waals surface area contributed by atoms with Crippen molar-refractivity contribution in [1.29, 1.82) is 0 Å². The first-order valence-electron chi connectivity index (χ1n) is 10.3. The van der Waals surface area contributed by atoms with Crippen molar-refractivity contribution in [2.24, 2.45) is 0 Å². The van der Waals surface area contributed by atoms with Gasteiger partial charge in [0.15, 0.2) is 5.78 Å². The summed E-state index contributed by atoms with van der Waals surface area (Å²) in [6.07, 6.45) is 5.59. The number of ketones is 1. The summed E-state index contributed by atoms with van der Waals surface area (Å²) in [5.74, 6) is 0.944. The first kappa shape index (κ1) is 18.6. The van der Waals surface area contributed by atoms with Gasteiger partial charge in [-0.1, -0.05) is 28.1 Å². The van der Waals surface area contributed by atoms with Gasteiger partial charge in [0.05, 0.1) is 5.56 Å². The van der Waals surface area contributed by atoms with E-state index in [1.165, 1.54) is 6.42 Å². The molecule has 1 saturated heterocycles. The molecule has 0 bridgehead atoms. The van der Waals surface area contributed by atoms with Crippen molar-refractivity contribution in [3.05, 3.63) is 61.5 Å². The van der Waals surface area contributed by atoms with Crippen LogP contribution in [-0.2, 0) is 4.79 Å². The summed E-state index contributed by atoms with van der Waals surface area (Å²) in [7, 11) is 0. The van der Waals surface area contributed by atoms with Gasteiger partial charge in [0, 0.05) is 41.2 Å². The number of allylic oxidation sites excluding steroid dienone is 2. The molecule has 29 heavy (non-hydrogen) atoms. The van der Waals surface area contributed by atoms with E-state index in [1.54, 1.807) is 0 Å². The minimum absolute atomic E-state index is 0.119. The smallest absolute Gasteiger partial charge is 0.258 e. The standard InChI is InChI=1S/C22H23BrN4O2/c23-14-7-4-6-13(12-14)17-18-15(8-5-9-16(18)28)24-20-19(17)21(29)26-22(25-20)27-10-2-1-3-11-27/h4,6-7,12,17H,1-3,5,8-11H2,(H2,24,25,26,29)/t17-/m1/s1. The fourth-order valence-electron chi connectivity index (χ4n) is 4.72. The van der Waals surface area contributed by atoms with Gasteiger partial charge in [-0.05, 0) is 49.8 Å². The third kappa shape index (κ3) is 3.31. The Morgan fingerprint density at radius 1 is 1.07 bits per heavy atom. The lowest BCUT2D eigenvalue weighted by atomic mass is 9.76. The predicted molar refractivity (Wildman–Crippen MR) is 116 cm³/mol. The zero-order valence-corrected chi connectivity index (χ0v) is 17.7. The van der Waals surface area contributed by atoms with Gasteiger partial charge in [-0.25, -0.2) is 0 Å². The number of aromatic nitrogens is 2. The molecule has 150 valence electrons. The number of halogens is 1. The zero-order valence-electron chi connectivity index (χ0n) is 16.1. The molecule has 2 aliphatic heterocycles. The van der Waals surface area contributed by atoms with E-state index < -0.39 is 5.92 Å². The van der Waals surface area contributed by atoms with Crippen LogP contribution in [0.5, 0.6) is 0 Å². The number of nitrogens with one attached hydrogen (secondary N) is 2. The molecular weight excluding hydrogens is 432 g/mol. The molecule has 2 N–H and O–H groups in total. The second-order valence-corrected chi connectivity index (χ2v) is 8.90. The molecule has 7 heteroatoms. The lowest BCUT2D eigenvalue weighted by molar-refractivity contribution is -0.116. The fourth-order valence-corrected chi connectivity index (χ4v) is 5.14. The first-order valence-corrected chi connectivity index (χ1v) is 11.1. The number of piperidine rings is 1. The van der Waals surface area contributed by atoms with Crippen LogP contribution in [0.4, 0.5) is 11.8 Å². The van der Waals surface area contributed by atoms with Crippen LogP contribution in [0, 0.1) is 0 Å². The number of aromatic amines is 1. The molecule has 3 aliphatic rings. The fraction of sp³-hybridized carbons (Fsp3) is 0.409. The number of rotatable bonds is 2. The molecule has 0 radical (unpaired) electrons. The molecule has 2 aromatic rings. The molecule has 1 aromatic carbocycles. The van der Waals surface area contributed by atoms with Crippen molar-refractivity contribution in [3.63, 3.8) is 0 Å². The molecule has 0 unspecified atom stereocenters. The second kappa shape index (κ2) is 7.44. The van der Waals surface area contributed by atoms with Crippen LogP contribution in [0.2, 0.25) is 0 Å². The van der Waals surface area contributed by atoms with Gasteiger partial charge in [0.2, 0.25) is 5.95 Å². The molecular formula is C22H23BrN4O2. The van der Waals surface area contributed by atoms with E-state index in [4.69, 9.17) is 4.98 Å². The number of carbonyl (C=O) groups excluding carboxylic acids is 1. The quantitative estimate of drug-likeness (QED) is 0.714. The van der Waals surface area contributed by atoms with Gasteiger partial charge in [-0.2, -0.15) is 4.98 Å².